The van der Waals surface area contributed by atoms with Crippen molar-refractivity contribution >= 4 is 0 Å². The van der Waals surface area contributed by atoms with Gasteiger partial charge in [-0.1, -0.05) is 24.3 Å². The van der Waals surface area contributed by atoms with Crippen molar-refractivity contribution in [3.05, 3.63) is 36.2 Å². The molecule has 2 aromatic rings. The van der Waals surface area contributed by atoms with Gasteiger partial charge in [-0.15, -0.1) is 10.2 Å². The molecule has 4 heteroatoms. The average Bonchev–Trinajstić information content (AvgIpc) is 2.76. The molecular formula is C11H14N4. The second-order valence-electron chi connectivity index (χ2n) is 3.30. The van der Waals surface area contributed by atoms with Crippen LogP contribution in [0.3, 0.4) is 0 Å². The van der Waals surface area contributed by atoms with E-state index in [0.717, 1.165) is 23.5 Å². The van der Waals surface area contributed by atoms with Crippen LogP contribution < -0.4 is 5.73 Å². The Morgan fingerprint density at radius 2 is 2.13 bits per heavy atom. The third-order valence-electron chi connectivity index (χ3n) is 2.43. The topological polar surface area (TPSA) is 56.7 Å². The molecule has 15 heavy (non-hydrogen) atoms. The minimum Gasteiger partial charge on any atom is -0.326 e. The van der Waals surface area contributed by atoms with Crippen molar-refractivity contribution in [2.24, 2.45) is 5.73 Å². The smallest absolute Gasteiger partial charge is 0.164 e. The zero-order valence-corrected chi connectivity index (χ0v) is 8.72. The standard InChI is InChI=1S/C11H14N4/c1-2-15-8-13-14-11(15)10-6-4-3-5-9(10)7-12/h3-6,8H,2,7,12H2,1H3. The largest absolute Gasteiger partial charge is 0.326 e. The number of hydrogen-bond donors (Lipinski definition) is 1. The van der Waals surface area contributed by atoms with Gasteiger partial charge in [-0.05, 0) is 12.5 Å². The molecule has 0 radical (unpaired) electrons. The number of aryl methyl sites for hydroxylation is 1. The van der Waals surface area contributed by atoms with Gasteiger partial charge in [0.15, 0.2) is 5.82 Å². The average molecular weight is 202 g/mol. The lowest BCUT2D eigenvalue weighted by molar-refractivity contribution is 0.766. The van der Waals surface area contributed by atoms with Crippen LogP contribution in [-0.4, -0.2) is 14.8 Å². The highest BCUT2D eigenvalue weighted by atomic mass is 15.3. The van der Waals surface area contributed by atoms with Crippen molar-refractivity contribution in [1.82, 2.24) is 14.8 Å². The Morgan fingerprint density at radius 3 is 2.87 bits per heavy atom. The molecule has 0 saturated carbocycles. The van der Waals surface area contributed by atoms with Crippen LogP contribution in [0, 0.1) is 0 Å². The maximum Gasteiger partial charge on any atom is 0.164 e. The maximum atomic E-state index is 5.69. The lowest BCUT2D eigenvalue weighted by Crippen LogP contribution is -2.02. The Labute approximate surface area is 88.8 Å². The highest BCUT2D eigenvalue weighted by Gasteiger charge is 2.08. The Balaban J connectivity index is 2.53. The number of nitrogens with zero attached hydrogens (tertiary/aromatic N) is 3. The highest BCUT2D eigenvalue weighted by Crippen LogP contribution is 2.20. The molecule has 0 saturated heterocycles. The van der Waals surface area contributed by atoms with E-state index in [1.807, 2.05) is 28.8 Å². The molecule has 0 unspecified atom stereocenters. The molecule has 1 aromatic heterocycles. The molecule has 0 spiro atoms. The molecular weight excluding hydrogens is 188 g/mol. The summed E-state index contributed by atoms with van der Waals surface area (Å²) in [7, 11) is 0. The van der Waals surface area contributed by atoms with E-state index in [1.54, 1.807) is 6.33 Å². The van der Waals surface area contributed by atoms with Crippen molar-refractivity contribution in [3.8, 4) is 11.4 Å². The van der Waals surface area contributed by atoms with Gasteiger partial charge in [-0.3, -0.25) is 0 Å². The van der Waals surface area contributed by atoms with Crippen molar-refractivity contribution in [3.63, 3.8) is 0 Å². The first kappa shape index (κ1) is 9.86. The zero-order valence-electron chi connectivity index (χ0n) is 8.72. The number of nitrogens with two attached hydrogens (primary N) is 1. The molecule has 0 atom stereocenters. The summed E-state index contributed by atoms with van der Waals surface area (Å²) in [5.41, 5.74) is 7.86. The molecule has 0 amide bonds. The van der Waals surface area contributed by atoms with E-state index in [1.165, 1.54) is 0 Å². The van der Waals surface area contributed by atoms with Crippen LogP contribution in [0.15, 0.2) is 30.6 Å². The van der Waals surface area contributed by atoms with Crippen LogP contribution >= 0.6 is 0 Å². The molecule has 2 rings (SSSR count). The first-order valence-corrected chi connectivity index (χ1v) is 5.03. The summed E-state index contributed by atoms with van der Waals surface area (Å²) in [5, 5.41) is 8.04. The van der Waals surface area contributed by atoms with E-state index in [9.17, 15) is 0 Å². The number of benzene rings is 1. The first-order valence-electron chi connectivity index (χ1n) is 5.03. The third kappa shape index (κ3) is 1.76. The Morgan fingerprint density at radius 1 is 1.33 bits per heavy atom. The van der Waals surface area contributed by atoms with Crippen molar-refractivity contribution < 1.29 is 0 Å². The molecule has 78 valence electrons. The molecule has 0 fully saturated rings. The molecule has 4 nitrogen and oxygen atoms in total. The van der Waals surface area contributed by atoms with Crippen LogP contribution in [0.2, 0.25) is 0 Å². The fourth-order valence-electron chi connectivity index (χ4n) is 1.61. The van der Waals surface area contributed by atoms with Crippen LogP contribution in [0.4, 0.5) is 0 Å². The molecule has 1 heterocycles. The number of aromatic nitrogens is 3. The fraction of sp³-hybridized carbons (Fsp3) is 0.273. The first-order chi connectivity index (χ1) is 7.36. The molecule has 0 aliphatic heterocycles. The predicted molar refractivity (Wildman–Crippen MR) is 59.0 cm³/mol. The summed E-state index contributed by atoms with van der Waals surface area (Å²) in [5.74, 6) is 0.888. The third-order valence-corrected chi connectivity index (χ3v) is 2.43. The van der Waals surface area contributed by atoms with Crippen LogP contribution in [-0.2, 0) is 13.1 Å². The van der Waals surface area contributed by atoms with Gasteiger partial charge in [-0.2, -0.15) is 0 Å². The molecule has 2 N–H and O–H groups in total. The normalized spacial score (nSPS) is 10.5. The summed E-state index contributed by atoms with van der Waals surface area (Å²) in [6.45, 7) is 3.45. The summed E-state index contributed by atoms with van der Waals surface area (Å²) < 4.78 is 2.01. The van der Waals surface area contributed by atoms with Gasteiger partial charge in [0.1, 0.15) is 6.33 Å². The van der Waals surface area contributed by atoms with E-state index in [2.05, 4.69) is 17.1 Å². The summed E-state index contributed by atoms with van der Waals surface area (Å²) in [6, 6.07) is 8.02. The quantitative estimate of drug-likeness (QED) is 0.819. The second kappa shape index (κ2) is 4.23. The number of rotatable bonds is 3. The van der Waals surface area contributed by atoms with Gasteiger partial charge in [0, 0.05) is 18.7 Å². The molecule has 0 bridgehead atoms. The SMILES string of the molecule is CCn1cnnc1-c1ccccc1CN. The van der Waals surface area contributed by atoms with E-state index in [-0.39, 0.29) is 0 Å². The lowest BCUT2D eigenvalue weighted by atomic mass is 10.1. The van der Waals surface area contributed by atoms with Gasteiger partial charge >= 0.3 is 0 Å². The van der Waals surface area contributed by atoms with Gasteiger partial charge in [0.2, 0.25) is 0 Å². The Bertz CT molecular complexity index is 447. The van der Waals surface area contributed by atoms with Crippen LogP contribution in [0.5, 0.6) is 0 Å². The summed E-state index contributed by atoms with van der Waals surface area (Å²) in [6.07, 6.45) is 1.74. The molecule has 0 aliphatic carbocycles. The molecule has 1 aromatic carbocycles. The van der Waals surface area contributed by atoms with E-state index in [4.69, 9.17) is 5.73 Å². The highest BCUT2D eigenvalue weighted by molar-refractivity contribution is 5.60. The summed E-state index contributed by atoms with van der Waals surface area (Å²) in [4.78, 5) is 0. The maximum absolute atomic E-state index is 5.69. The Kier molecular flexibility index (Phi) is 2.78. The van der Waals surface area contributed by atoms with Gasteiger partial charge in [0.05, 0.1) is 0 Å². The predicted octanol–water partition coefficient (Wildman–Crippen LogP) is 1.42. The van der Waals surface area contributed by atoms with Crippen LogP contribution in [0.1, 0.15) is 12.5 Å². The summed E-state index contributed by atoms with van der Waals surface area (Å²) >= 11 is 0. The minimum atomic E-state index is 0.521. The van der Waals surface area contributed by atoms with Crippen LogP contribution in [0.25, 0.3) is 11.4 Å². The van der Waals surface area contributed by atoms with Crippen molar-refractivity contribution in [2.45, 2.75) is 20.0 Å². The van der Waals surface area contributed by atoms with Crippen molar-refractivity contribution in [2.75, 3.05) is 0 Å². The van der Waals surface area contributed by atoms with E-state index >= 15 is 0 Å². The van der Waals surface area contributed by atoms with Crippen molar-refractivity contribution in [1.29, 1.82) is 0 Å². The minimum absolute atomic E-state index is 0.521. The zero-order chi connectivity index (χ0) is 10.7. The Hall–Kier alpha value is -1.68. The van der Waals surface area contributed by atoms with Gasteiger partial charge < -0.3 is 10.3 Å². The monoisotopic (exact) mass is 202 g/mol. The van der Waals surface area contributed by atoms with E-state index < -0.39 is 0 Å². The van der Waals surface area contributed by atoms with Gasteiger partial charge in [-0.25, -0.2) is 0 Å². The second-order valence-corrected chi connectivity index (χ2v) is 3.30. The fourth-order valence-corrected chi connectivity index (χ4v) is 1.61. The van der Waals surface area contributed by atoms with E-state index in [0.29, 0.717) is 6.54 Å². The lowest BCUT2D eigenvalue weighted by Gasteiger charge is -2.07. The molecule has 0 aliphatic rings. The number of hydrogen-bond acceptors (Lipinski definition) is 3. The van der Waals surface area contributed by atoms with Gasteiger partial charge in [0.25, 0.3) is 0 Å².